The molecule has 0 bridgehead atoms. The monoisotopic (exact) mass is 300 g/mol. The minimum Gasteiger partial charge on any atom is -0.373 e. The van der Waals surface area contributed by atoms with Crippen molar-refractivity contribution in [3.8, 4) is 0 Å². The summed E-state index contributed by atoms with van der Waals surface area (Å²) in [6.45, 7) is 2.68. The number of carbonyl (C=O) groups excluding carboxylic acids is 1. The molecular weight excluding hydrogens is 280 g/mol. The number of hydrogen-bond acceptors (Lipinski definition) is 4. The van der Waals surface area contributed by atoms with Gasteiger partial charge in [-0.3, -0.25) is 9.48 Å². The van der Waals surface area contributed by atoms with Crippen molar-refractivity contribution in [2.45, 2.75) is 12.5 Å². The third-order valence-corrected chi connectivity index (χ3v) is 3.57. The molecule has 0 radical (unpaired) electrons. The van der Waals surface area contributed by atoms with E-state index in [0.717, 1.165) is 12.1 Å². The Balaban J connectivity index is 1.93. The summed E-state index contributed by atoms with van der Waals surface area (Å²) in [6.07, 6.45) is 2.16. The van der Waals surface area contributed by atoms with E-state index in [1.165, 1.54) is 0 Å². The second-order valence-electron chi connectivity index (χ2n) is 5.39. The highest BCUT2D eigenvalue weighted by atomic mass is 35.5. The van der Waals surface area contributed by atoms with Gasteiger partial charge in [-0.2, -0.15) is 5.10 Å². The predicted octanol–water partition coefficient (Wildman–Crippen LogP) is 0.405. The first-order valence-corrected chi connectivity index (χ1v) is 7.05. The Kier molecular flexibility index (Phi) is 5.01. The van der Waals surface area contributed by atoms with Crippen molar-refractivity contribution in [1.29, 1.82) is 0 Å². The number of aryl methyl sites for hydroxylation is 1. The highest BCUT2D eigenvalue weighted by molar-refractivity contribution is 6.30. The molecule has 1 aromatic heterocycles. The molecule has 0 aromatic carbocycles. The zero-order chi connectivity index (χ0) is 14.7. The molecule has 0 saturated carbocycles. The Hall–Kier alpha value is -1.11. The summed E-state index contributed by atoms with van der Waals surface area (Å²) in [7, 11) is 5.79. The summed E-state index contributed by atoms with van der Waals surface area (Å²) in [5, 5.41) is 4.45. The molecule has 1 amide bonds. The van der Waals surface area contributed by atoms with Crippen molar-refractivity contribution in [3.63, 3.8) is 0 Å². The Bertz CT molecular complexity index is 475. The molecule has 6 nitrogen and oxygen atoms in total. The largest absolute Gasteiger partial charge is 0.373 e. The summed E-state index contributed by atoms with van der Waals surface area (Å²) in [4.78, 5) is 16.2. The van der Waals surface area contributed by atoms with Crippen LogP contribution in [0, 0.1) is 0 Å². The van der Waals surface area contributed by atoms with Crippen molar-refractivity contribution in [3.05, 3.63) is 16.9 Å². The Morgan fingerprint density at radius 3 is 2.95 bits per heavy atom. The lowest BCUT2D eigenvalue weighted by Gasteiger charge is -2.34. The van der Waals surface area contributed by atoms with Crippen molar-refractivity contribution in [2.24, 2.45) is 7.05 Å². The third-order valence-electron chi connectivity index (χ3n) is 3.26. The van der Waals surface area contributed by atoms with Crippen molar-refractivity contribution < 1.29 is 9.53 Å². The quantitative estimate of drug-likeness (QED) is 0.808. The Morgan fingerprint density at radius 1 is 1.60 bits per heavy atom. The number of ether oxygens (including phenoxy) is 1. The number of amides is 1. The van der Waals surface area contributed by atoms with Gasteiger partial charge in [0.05, 0.1) is 19.1 Å². The van der Waals surface area contributed by atoms with Gasteiger partial charge in [-0.15, -0.1) is 0 Å². The molecule has 1 aliphatic rings. The first-order chi connectivity index (χ1) is 9.45. The number of aromatic nitrogens is 2. The van der Waals surface area contributed by atoms with E-state index in [4.69, 9.17) is 16.3 Å². The maximum atomic E-state index is 12.3. The van der Waals surface area contributed by atoms with Crippen LogP contribution in [0.2, 0.25) is 5.15 Å². The number of morpholine rings is 1. The van der Waals surface area contributed by atoms with Crippen LogP contribution in [0.1, 0.15) is 5.56 Å². The molecule has 1 unspecified atom stereocenters. The molecule has 2 heterocycles. The lowest BCUT2D eigenvalue weighted by atomic mass is 10.2. The van der Waals surface area contributed by atoms with Gasteiger partial charge in [0, 0.05) is 38.4 Å². The third kappa shape index (κ3) is 3.94. The zero-order valence-corrected chi connectivity index (χ0v) is 12.9. The van der Waals surface area contributed by atoms with Crippen LogP contribution in [0.15, 0.2) is 6.20 Å². The van der Waals surface area contributed by atoms with Gasteiger partial charge in [0.2, 0.25) is 5.91 Å². The molecule has 0 aliphatic carbocycles. The van der Waals surface area contributed by atoms with Crippen molar-refractivity contribution >= 4 is 17.5 Å². The van der Waals surface area contributed by atoms with E-state index >= 15 is 0 Å². The highest BCUT2D eigenvalue weighted by Gasteiger charge is 2.25. The van der Waals surface area contributed by atoms with Crippen molar-refractivity contribution in [1.82, 2.24) is 19.6 Å². The molecule has 1 fully saturated rings. The normalized spacial score (nSPS) is 19.6. The van der Waals surface area contributed by atoms with E-state index in [2.05, 4.69) is 10.00 Å². The molecule has 7 heteroatoms. The average molecular weight is 301 g/mol. The number of nitrogens with zero attached hydrogens (tertiary/aromatic N) is 4. The van der Waals surface area contributed by atoms with Crippen LogP contribution in [0.3, 0.4) is 0 Å². The molecule has 1 saturated heterocycles. The average Bonchev–Trinajstić information content (AvgIpc) is 2.67. The molecule has 1 aromatic rings. The minimum absolute atomic E-state index is 0.0759. The highest BCUT2D eigenvalue weighted by Crippen LogP contribution is 2.15. The van der Waals surface area contributed by atoms with Crippen molar-refractivity contribution in [2.75, 3.05) is 40.3 Å². The van der Waals surface area contributed by atoms with Gasteiger partial charge < -0.3 is 14.5 Å². The summed E-state index contributed by atoms with van der Waals surface area (Å²) in [6, 6.07) is 0. The summed E-state index contributed by atoms with van der Waals surface area (Å²) in [5.41, 5.74) is 0.773. The zero-order valence-electron chi connectivity index (χ0n) is 12.2. The van der Waals surface area contributed by atoms with E-state index in [1.54, 1.807) is 17.9 Å². The maximum Gasteiger partial charge on any atom is 0.227 e. The molecule has 1 atom stereocenters. The molecule has 0 spiro atoms. The number of halogens is 1. The van der Waals surface area contributed by atoms with E-state index in [-0.39, 0.29) is 12.0 Å². The van der Waals surface area contributed by atoms with Crippen LogP contribution in [0.25, 0.3) is 0 Å². The van der Waals surface area contributed by atoms with Gasteiger partial charge in [0.25, 0.3) is 0 Å². The van der Waals surface area contributed by atoms with Gasteiger partial charge in [-0.25, -0.2) is 0 Å². The molecule has 1 aliphatic heterocycles. The molecular formula is C13H21ClN4O2. The fourth-order valence-corrected chi connectivity index (χ4v) is 2.60. The van der Waals surface area contributed by atoms with Crippen LogP contribution >= 0.6 is 11.6 Å². The second kappa shape index (κ2) is 6.56. The first-order valence-electron chi connectivity index (χ1n) is 6.68. The van der Waals surface area contributed by atoms with Crippen LogP contribution in [0.4, 0.5) is 0 Å². The SMILES string of the molecule is CN(C)CC1CN(C(=O)Cc2cn(C)nc2Cl)CCO1. The van der Waals surface area contributed by atoms with Gasteiger partial charge in [-0.05, 0) is 14.1 Å². The fourth-order valence-electron chi connectivity index (χ4n) is 2.37. The van der Waals surface area contributed by atoms with Gasteiger partial charge in [0.15, 0.2) is 5.15 Å². The van der Waals surface area contributed by atoms with E-state index in [9.17, 15) is 4.79 Å². The van der Waals surface area contributed by atoms with E-state index < -0.39 is 0 Å². The topological polar surface area (TPSA) is 50.6 Å². The predicted molar refractivity (Wildman–Crippen MR) is 76.8 cm³/mol. The smallest absolute Gasteiger partial charge is 0.227 e. The summed E-state index contributed by atoms with van der Waals surface area (Å²) in [5.74, 6) is 0.0759. The van der Waals surface area contributed by atoms with Gasteiger partial charge in [0.1, 0.15) is 0 Å². The molecule has 2 rings (SSSR count). The van der Waals surface area contributed by atoms with E-state index in [0.29, 0.717) is 31.3 Å². The van der Waals surface area contributed by atoms with Crippen LogP contribution in [-0.4, -0.2) is 71.9 Å². The maximum absolute atomic E-state index is 12.3. The Morgan fingerprint density at radius 2 is 2.35 bits per heavy atom. The minimum atomic E-state index is 0.0759. The molecule has 112 valence electrons. The fraction of sp³-hybridized carbons (Fsp3) is 0.692. The lowest BCUT2D eigenvalue weighted by molar-refractivity contribution is -0.138. The number of rotatable bonds is 4. The standard InChI is InChI=1S/C13H21ClN4O2/c1-16(2)8-11-9-18(4-5-20-11)12(19)6-10-7-17(3)15-13(10)14/h7,11H,4-6,8-9H2,1-3H3. The second-order valence-corrected chi connectivity index (χ2v) is 5.75. The number of hydrogen-bond donors (Lipinski definition) is 0. The number of likely N-dealkylation sites (N-methyl/N-ethyl adjacent to an activating group) is 1. The van der Waals surface area contributed by atoms with Gasteiger partial charge in [-0.1, -0.05) is 11.6 Å². The summed E-state index contributed by atoms with van der Waals surface area (Å²) < 4.78 is 7.29. The Labute approximate surface area is 124 Å². The van der Waals surface area contributed by atoms with Crippen LogP contribution < -0.4 is 0 Å². The lowest BCUT2D eigenvalue weighted by Crippen LogP contribution is -2.49. The van der Waals surface area contributed by atoms with E-state index in [1.807, 2.05) is 19.0 Å². The molecule has 20 heavy (non-hydrogen) atoms. The van der Waals surface area contributed by atoms with Gasteiger partial charge >= 0.3 is 0 Å². The summed E-state index contributed by atoms with van der Waals surface area (Å²) >= 11 is 5.99. The van der Waals surface area contributed by atoms with Crippen LogP contribution in [0.5, 0.6) is 0 Å². The molecule has 0 N–H and O–H groups in total. The van der Waals surface area contributed by atoms with Crippen LogP contribution in [-0.2, 0) is 23.0 Å². The number of carbonyl (C=O) groups is 1. The first kappa shape index (κ1) is 15.3.